The van der Waals surface area contributed by atoms with Crippen LogP contribution in [0.1, 0.15) is 35.0 Å². The zero-order chi connectivity index (χ0) is 15.3. The molecule has 21 heavy (non-hydrogen) atoms. The van der Waals surface area contributed by atoms with Gasteiger partial charge in [-0.2, -0.15) is 13.2 Å². The maximum atomic E-state index is 12.4. The van der Waals surface area contributed by atoms with Crippen molar-refractivity contribution in [3.63, 3.8) is 0 Å². The molecule has 1 atom stereocenters. The van der Waals surface area contributed by atoms with Crippen LogP contribution in [0.4, 0.5) is 13.2 Å². The van der Waals surface area contributed by atoms with Crippen LogP contribution in [0.3, 0.4) is 0 Å². The molecule has 1 aromatic carbocycles. The van der Waals surface area contributed by atoms with Gasteiger partial charge in [0.2, 0.25) is 0 Å². The van der Waals surface area contributed by atoms with E-state index in [2.05, 4.69) is 16.8 Å². The second-order valence-corrected chi connectivity index (χ2v) is 5.56. The van der Waals surface area contributed by atoms with Crippen molar-refractivity contribution in [3.8, 4) is 11.8 Å². The molecule has 0 aliphatic heterocycles. The summed E-state index contributed by atoms with van der Waals surface area (Å²) in [4.78, 5) is 4.27. The quantitative estimate of drug-likeness (QED) is 0.733. The van der Waals surface area contributed by atoms with E-state index in [1.165, 1.54) is 11.3 Å². The Labute approximate surface area is 125 Å². The molecule has 0 bridgehead atoms. The predicted octanol–water partition coefficient (Wildman–Crippen LogP) is 4.93. The summed E-state index contributed by atoms with van der Waals surface area (Å²) in [6.45, 7) is 1.82. The van der Waals surface area contributed by atoms with Crippen molar-refractivity contribution in [1.82, 2.24) is 4.98 Å². The molecule has 0 unspecified atom stereocenters. The normalized spacial score (nSPS) is 12.6. The summed E-state index contributed by atoms with van der Waals surface area (Å²) < 4.78 is 37.3. The number of rotatable bonds is 3. The van der Waals surface area contributed by atoms with Gasteiger partial charge in [0.25, 0.3) is 0 Å². The average molecular weight is 309 g/mol. The van der Waals surface area contributed by atoms with Crippen LogP contribution < -0.4 is 0 Å². The summed E-state index contributed by atoms with van der Waals surface area (Å²) in [6.07, 6.45) is -5.07. The molecule has 0 aliphatic carbocycles. The standard InChI is InChI=1S/C16H14F3NS/c1-12-11-21-15(20-12)14(9-10-16(17,18)19)8-7-13-5-3-2-4-6-13/h2-6,11,14H,9-10H2,1H3/t14-/m0/s1. The molecule has 1 aromatic heterocycles. The molecule has 2 rings (SSSR count). The predicted molar refractivity (Wildman–Crippen MR) is 78.2 cm³/mol. The maximum Gasteiger partial charge on any atom is 0.389 e. The number of hydrogen-bond donors (Lipinski definition) is 0. The number of aryl methyl sites for hydroxylation is 1. The topological polar surface area (TPSA) is 12.9 Å². The van der Waals surface area contributed by atoms with E-state index < -0.39 is 18.5 Å². The van der Waals surface area contributed by atoms with E-state index in [4.69, 9.17) is 0 Å². The molecule has 0 N–H and O–H groups in total. The lowest BCUT2D eigenvalue weighted by Gasteiger charge is -2.10. The lowest BCUT2D eigenvalue weighted by Crippen LogP contribution is -2.09. The summed E-state index contributed by atoms with van der Waals surface area (Å²) in [5, 5.41) is 2.49. The van der Waals surface area contributed by atoms with Gasteiger partial charge in [0.15, 0.2) is 0 Å². The van der Waals surface area contributed by atoms with Crippen LogP contribution in [-0.2, 0) is 0 Å². The Balaban J connectivity index is 2.18. The molecule has 5 heteroatoms. The highest BCUT2D eigenvalue weighted by atomic mass is 32.1. The molecular weight excluding hydrogens is 295 g/mol. The zero-order valence-electron chi connectivity index (χ0n) is 11.4. The highest BCUT2D eigenvalue weighted by Crippen LogP contribution is 2.30. The van der Waals surface area contributed by atoms with Crippen molar-refractivity contribution < 1.29 is 13.2 Å². The van der Waals surface area contributed by atoms with E-state index in [1.54, 1.807) is 0 Å². The van der Waals surface area contributed by atoms with E-state index in [9.17, 15) is 13.2 Å². The van der Waals surface area contributed by atoms with Crippen molar-refractivity contribution in [2.75, 3.05) is 0 Å². The van der Waals surface area contributed by atoms with E-state index >= 15 is 0 Å². The largest absolute Gasteiger partial charge is 0.389 e. The third-order valence-corrected chi connectivity index (χ3v) is 3.89. The molecule has 1 heterocycles. The lowest BCUT2D eigenvalue weighted by atomic mass is 10.0. The Morgan fingerprint density at radius 3 is 2.52 bits per heavy atom. The van der Waals surface area contributed by atoms with Gasteiger partial charge in [0, 0.05) is 23.1 Å². The van der Waals surface area contributed by atoms with Gasteiger partial charge in [0.05, 0.1) is 5.92 Å². The van der Waals surface area contributed by atoms with Crippen molar-refractivity contribution >= 4 is 11.3 Å². The van der Waals surface area contributed by atoms with Crippen LogP contribution in [0, 0.1) is 18.8 Å². The van der Waals surface area contributed by atoms with Gasteiger partial charge in [-0.3, -0.25) is 0 Å². The van der Waals surface area contributed by atoms with Gasteiger partial charge < -0.3 is 0 Å². The summed E-state index contributed by atoms with van der Waals surface area (Å²) in [7, 11) is 0. The second-order valence-electron chi connectivity index (χ2n) is 4.67. The lowest BCUT2D eigenvalue weighted by molar-refractivity contribution is -0.135. The summed E-state index contributed by atoms with van der Waals surface area (Å²) in [5.41, 5.74) is 1.61. The van der Waals surface area contributed by atoms with Crippen molar-refractivity contribution in [2.24, 2.45) is 0 Å². The first kappa shape index (κ1) is 15.6. The molecular formula is C16H14F3NS. The Bertz CT molecular complexity index is 635. The highest BCUT2D eigenvalue weighted by molar-refractivity contribution is 7.09. The minimum Gasteiger partial charge on any atom is -0.245 e. The molecule has 0 spiro atoms. The van der Waals surface area contributed by atoms with E-state index in [0.29, 0.717) is 5.01 Å². The van der Waals surface area contributed by atoms with Crippen LogP contribution >= 0.6 is 11.3 Å². The van der Waals surface area contributed by atoms with Gasteiger partial charge in [0.1, 0.15) is 5.01 Å². The molecule has 0 radical (unpaired) electrons. The molecule has 0 aliphatic rings. The molecule has 1 nitrogen and oxygen atoms in total. The summed E-state index contributed by atoms with van der Waals surface area (Å²) in [5.74, 6) is 5.39. The van der Waals surface area contributed by atoms with Gasteiger partial charge in [-0.05, 0) is 25.5 Å². The van der Waals surface area contributed by atoms with Crippen molar-refractivity contribution in [1.29, 1.82) is 0 Å². The minimum absolute atomic E-state index is 0.0592. The van der Waals surface area contributed by atoms with Gasteiger partial charge in [-0.1, -0.05) is 30.0 Å². The Hall–Kier alpha value is -1.80. The molecule has 0 fully saturated rings. The van der Waals surface area contributed by atoms with Crippen molar-refractivity contribution in [2.45, 2.75) is 31.9 Å². The second kappa shape index (κ2) is 6.77. The Morgan fingerprint density at radius 2 is 1.95 bits per heavy atom. The first-order valence-corrected chi connectivity index (χ1v) is 7.37. The van der Waals surface area contributed by atoms with Crippen LogP contribution in [0.5, 0.6) is 0 Å². The fourth-order valence-corrected chi connectivity index (χ4v) is 2.67. The molecule has 0 amide bonds. The summed E-state index contributed by atoms with van der Waals surface area (Å²) in [6, 6.07) is 9.24. The fraction of sp³-hybridized carbons (Fsp3) is 0.312. The zero-order valence-corrected chi connectivity index (χ0v) is 12.3. The highest BCUT2D eigenvalue weighted by Gasteiger charge is 2.29. The van der Waals surface area contributed by atoms with Crippen molar-refractivity contribution in [3.05, 3.63) is 52.0 Å². The SMILES string of the molecule is Cc1csc([C@@H](C#Cc2ccccc2)CCC(F)(F)F)n1. The number of thiazole rings is 1. The van der Waals surface area contributed by atoms with Gasteiger partial charge in [-0.15, -0.1) is 11.3 Å². The van der Waals surface area contributed by atoms with Crippen LogP contribution in [-0.4, -0.2) is 11.2 Å². The number of nitrogens with zero attached hydrogens (tertiary/aromatic N) is 1. The van der Waals surface area contributed by atoms with E-state index in [-0.39, 0.29) is 6.42 Å². The number of aromatic nitrogens is 1. The summed E-state index contributed by atoms with van der Waals surface area (Å²) >= 11 is 1.36. The number of hydrogen-bond acceptors (Lipinski definition) is 2. The number of halogens is 3. The minimum atomic E-state index is -4.17. The fourth-order valence-electron chi connectivity index (χ4n) is 1.79. The average Bonchev–Trinajstić information content (AvgIpc) is 2.85. The first-order valence-electron chi connectivity index (χ1n) is 6.49. The van der Waals surface area contributed by atoms with Crippen LogP contribution in [0.25, 0.3) is 0 Å². The van der Waals surface area contributed by atoms with Gasteiger partial charge >= 0.3 is 6.18 Å². The molecule has 0 saturated heterocycles. The molecule has 110 valence electrons. The monoisotopic (exact) mass is 309 g/mol. The van der Waals surface area contributed by atoms with E-state index in [1.807, 2.05) is 42.6 Å². The smallest absolute Gasteiger partial charge is 0.245 e. The first-order chi connectivity index (χ1) is 9.94. The van der Waals surface area contributed by atoms with Crippen LogP contribution in [0.2, 0.25) is 0 Å². The molecule has 0 saturated carbocycles. The van der Waals surface area contributed by atoms with Crippen LogP contribution in [0.15, 0.2) is 35.7 Å². The van der Waals surface area contributed by atoms with Gasteiger partial charge in [-0.25, -0.2) is 4.98 Å². The third-order valence-electron chi connectivity index (χ3n) is 2.82. The maximum absolute atomic E-state index is 12.4. The number of benzene rings is 1. The Kier molecular flexibility index (Phi) is 5.03. The molecule has 2 aromatic rings. The van der Waals surface area contributed by atoms with E-state index in [0.717, 1.165) is 11.3 Å². The number of alkyl halides is 3. The third kappa shape index (κ3) is 5.24. The Morgan fingerprint density at radius 1 is 1.24 bits per heavy atom.